The summed E-state index contributed by atoms with van der Waals surface area (Å²) in [6.07, 6.45) is 2.22. The van der Waals surface area contributed by atoms with Gasteiger partial charge in [-0.2, -0.15) is 0 Å². The van der Waals surface area contributed by atoms with Gasteiger partial charge in [0.2, 0.25) is 0 Å². The summed E-state index contributed by atoms with van der Waals surface area (Å²) in [7, 11) is 0. The minimum absolute atomic E-state index is 0. The van der Waals surface area contributed by atoms with E-state index in [4.69, 9.17) is 10.8 Å². The normalized spacial score (nSPS) is 8.62. The molecule has 0 aromatic heterocycles. The van der Waals surface area contributed by atoms with Crippen molar-refractivity contribution in [3.05, 3.63) is 17.9 Å². The number of carbonyl (C=O) groups is 1. The fraction of sp³-hybridized carbons (Fsp3) is 0.250. The van der Waals surface area contributed by atoms with E-state index in [9.17, 15) is 4.79 Å². The molecule has 3 nitrogen and oxygen atoms in total. The van der Waals surface area contributed by atoms with E-state index in [2.05, 4.69) is 0 Å². The first-order valence-corrected chi connectivity index (χ1v) is 1.81. The van der Waals surface area contributed by atoms with Crippen molar-refractivity contribution in [2.24, 2.45) is 0 Å². The van der Waals surface area contributed by atoms with Crippen LogP contribution in [0.2, 0.25) is 0 Å². The van der Waals surface area contributed by atoms with E-state index < -0.39 is 5.97 Å². The molecule has 0 amide bonds. The summed E-state index contributed by atoms with van der Waals surface area (Å²) in [6.45, 7) is 0.0340. The molecule has 0 fully saturated rings. The molecular weight excluding hydrogens is 159 g/mol. The van der Waals surface area contributed by atoms with Gasteiger partial charge < -0.3 is 10.8 Å². The molecule has 0 heterocycles. The largest absolute Gasteiger partial charge is 0.674 e. The maximum absolute atomic E-state index is 9.59. The fourth-order valence-electron chi connectivity index (χ4n) is 0.160. The van der Waals surface area contributed by atoms with Gasteiger partial charge in [0.25, 0.3) is 0 Å². The zero-order valence-corrected chi connectivity index (χ0v) is 7.39. The molecule has 42 valence electrons. The second kappa shape index (κ2) is 6.79. The second-order valence-corrected chi connectivity index (χ2v) is 0.945. The van der Waals surface area contributed by atoms with Crippen molar-refractivity contribution in [1.82, 2.24) is 0 Å². The first kappa shape index (κ1) is 10.7. The van der Waals surface area contributed by atoms with Crippen LogP contribution in [0.1, 0.15) is 0 Å². The molecule has 4 heteroatoms. The number of carboxylic acids is 1. The standard InChI is InChI=1S/C4H6NO2.Zn/c5-3-1-2-4(6)7;/h1-2,5H,3H2,(H,6,7);/q-1;. The summed E-state index contributed by atoms with van der Waals surface area (Å²) in [5, 5.41) is 7.87. The van der Waals surface area contributed by atoms with Crippen LogP contribution in [0.5, 0.6) is 0 Å². The van der Waals surface area contributed by atoms with Crippen LogP contribution < -0.4 is 0 Å². The monoisotopic (exact) mass is 164 g/mol. The zero-order valence-electron chi connectivity index (χ0n) is 4.42. The van der Waals surface area contributed by atoms with Gasteiger partial charge >= 0.3 is 5.97 Å². The Kier molecular flexibility index (Phi) is 9.10. The predicted octanol–water partition coefficient (Wildman–Crippen LogP) is 0.677. The van der Waals surface area contributed by atoms with E-state index in [1.807, 2.05) is 0 Å². The van der Waals surface area contributed by atoms with Gasteiger partial charge in [-0.05, 0) is 0 Å². The van der Waals surface area contributed by atoms with Gasteiger partial charge in [0.1, 0.15) is 0 Å². The molecule has 0 unspecified atom stereocenters. The average molecular weight is 165 g/mol. The Hall–Kier alpha value is -0.207. The smallest absolute Gasteiger partial charge is 0.327 e. The van der Waals surface area contributed by atoms with Crippen molar-refractivity contribution in [2.45, 2.75) is 0 Å². The number of hydrogen-bond acceptors (Lipinski definition) is 1. The summed E-state index contributed by atoms with van der Waals surface area (Å²) < 4.78 is 0. The second-order valence-electron chi connectivity index (χ2n) is 0.945. The first-order valence-electron chi connectivity index (χ1n) is 1.81. The SMILES string of the molecule is [NH-]CC=CC(=O)O.[Zn]. The number of hydrogen-bond donors (Lipinski definition) is 1. The molecule has 0 rings (SSSR count). The van der Waals surface area contributed by atoms with Gasteiger partial charge in [-0.1, -0.05) is 6.08 Å². The van der Waals surface area contributed by atoms with Crippen LogP contribution in [-0.2, 0) is 24.3 Å². The van der Waals surface area contributed by atoms with E-state index >= 15 is 0 Å². The van der Waals surface area contributed by atoms with E-state index in [-0.39, 0.29) is 26.0 Å². The Morgan fingerprint density at radius 2 is 2.25 bits per heavy atom. The molecule has 0 spiro atoms. The molecule has 0 aliphatic carbocycles. The molecule has 8 heavy (non-hydrogen) atoms. The van der Waals surface area contributed by atoms with Crippen LogP contribution in [-0.4, -0.2) is 17.6 Å². The van der Waals surface area contributed by atoms with E-state index in [1.165, 1.54) is 6.08 Å². The molecule has 0 saturated heterocycles. The molecule has 2 N–H and O–H groups in total. The van der Waals surface area contributed by atoms with Crippen molar-refractivity contribution in [3.63, 3.8) is 0 Å². The van der Waals surface area contributed by atoms with Crippen molar-refractivity contribution < 1.29 is 29.4 Å². The van der Waals surface area contributed by atoms with Gasteiger partial charge in [-0.15, -0.1) is 6.54 Å². The Morgan fingerprint density at radius 3 is 2.38 bits per heavy atom. The fourth-order valence-corrected chi connectivity index (χ4v) is 0.160. The van der Waals surface area contributed by atoms with E-state index in [0.29, 0.717) is 0 Å². The minimum atomic E-state index is -0.993. The van der Waals surface area contributed by atoms with Crippen molar-refractivity contribution in [1.29, 1.82) is 0 Å². The Morgan fingerprint density at radius 1 is 1.75 bits per heavy atom. The number of carboxylic acid groups (broad SMARTS) is 1. The quantitative estimate of drug-likeness (QED) is 0.483. The Bertz CT molecular complexity index is 92.0. The Labute approximate surface area is 60.3 Å². The summed E-state index contributed by atoms with van der Waals surface area (Å²) in [5.41, 5.74) is 6.45. The predicted molar refractivity (Wildman–Crippen MR) is 26.0 cm³/mol. The van der Waals surface area contributed by atoms with Crippen LogP contribution in [0.4, 0.5) is 0 Å². The van der Waals surface area contributed by atoms with Crippen LogP contribution in [0.25, 0.3) is 5.73 Å². The summed E-state index contributed by atoms with van der Waals surface area (Å²) in [6, 6.07) is 0. The summed E-state index contributed by atoms with van der Waals surface area (Å²) in [5.74, 6) is -0.993. The molecule has 0 bridgehead atoms. The third-order valence-electron chi connectivity index (χ3n) is 0.378. The zero-order chi connectivity index (χ0) is 5.70. The van der Waals surface area contributed by atoms with Crippen LogP contribution in [0, 0.1) is 0 Å². The average Bonchev–Trinajstić information content (AvgIpc) is 1.61. The molecule has 0 radical (unpaired) electrons. The summed E-state index contributed by atoms with van der Waals surface area (Å²) >= 11 is 0. The van der Waals surface area contributed by atoms with Crippen LogP contribution >= 0.6 is 0 Å². The number of nitrogens with one attached hydrogen (secondary N) is 1. The molecule has 0 saturated carbocycles. The molecule has 0 aliphatic heterocycles. The van der Waals surface area contributed by atoms with Gasteiger partial charge in [0.15, 0.2) is 0 Å². The molecule has 0 atom stereocenters. The third-order valence-corrected chi connectivity index (χ3v) is 0.378. The van der Waals surface area contributed by atoms with Gasteiger partial charge in [0, 0.05) is 25.6 Å². The van der Waals surface area contributed by atoms with Gasteiger partial charge in [0.05, 0.1) is 0 Å². The van der Waals surface area contributed by atoms with Crippen LogP contribution in [0.15, 0.2) is 12.2 Å². The maximum Gasteiger partial charge on any atom is 0.327 e. The first-order chi connectivity index (χ1) is 3.27. The van der Waals surface area contributed by atoms with E-state index in [0.717, 1.165) is 6.08 Å². The van der Waals surface area contributed by atoms with Crippen molar-refractivity contribution in [3.8, 4) is 0 Å². The maximum atomic E-state index is 9.59. The van der Waals surface area contributed by atoms with Gasteiger partial charge in [-0.25, -0.2) is 4.79 Å². The van der Waals surface area contributed by atoms with Gasteiger partial charge in [-0.3, -0.25) is 0 Å². The Balaban J connectivity index is 0. The number of aliphatic carboxylic acids is 1. The topological polar surface area (TPSA) is 61.1 Å². The third kappa shape index (κ3) is 9.25. The molecule has 0 aliphatic rings. The minimum Gasteiger partial charge on any atom is -0.674 e. The van der Waals surface area contributed by atoms with Crippen molar-refractivity contribution in [2.75, 3.05) is 6.54 Å². The van der Waals surface area contributed by atoms with Crippen LogP contribution in [0.3, 0.4) is 0 Å². The molecular formula is C4H6NO2Zn-. The summed E-state index contributed by atoms with van der Waals surface area (Å²) in [4.78, 5) is 9.59. The van der Waals surface area contributed by atoms with Crippen molar-refractivity contribution >= 4 is 5.97 Å². The van der Waals surface area contributed by atoms with E-state index in [1.54, 1.807) is 0 Å². The molecule has 0 aromatic carbocycles. The molecule has 0 aromatic rings. The number of rotatable bonds is 2.